The minimum Gasteiger partial charge on any atom is -0.486 e. The van der Waals surface area contributed by atoms with Crippen LogP contribution in [0.5, 0.6) is 17.2 Å². The molecule has 2 aromatic carbocycles. The van der Waals surface area contributed by atoms with E-state index in [-0.39, 0.29) is 30.5 Å². The first-order valence-corrected chi connectivity index (χ1v) is 12.2. The average molecular weight is 467 g/mol. The zero-order chi connectivity index (χ0) is 24.1. The van der Waals surface area contributed by atoms with Crippen LogP contribution >= 0.6 is 0 Å². The number of rotatable bonds is 7. The van der Waals surface area contributed by atoms with Gasteiger partial charge in [-0.05, 0) is 70.4 Å². The minimum absolute atomic E-state index is 0.00421. The third-order valence-corrected chi connectivity index (χ3v) is 6.62. The van der Waals surface area contributed by atoms with Gasteiger partial charge in [-0.15, -0.1) is 0 Å². The quantitative estimate of drug-likeness (QED) is 0.609. The number of nitrogens with zero attached hydrogens (tertiary/aromatic N) is 2. The fraction of sp³-hybridized carbons (Fsp3) is 0.481. The summed E-state index contributed by atoms with van der Waals surface area (Å²) in [5.41, 5.74) is 1.49. The molecule has 0 aromatic heterocycles. The van der Waals surface area contributed by atoms with Gasteiger partial charge in [0.1, 0.15) is 19.0 Å². The van der Waals surface area contributed by atoms with Gasteiger partial charge in [0.05, 0.1) is 0 Å². The lowest BCUT2D eigenvalue weighted by molar-refractivity contribution is -0.139. The van der Waals surface area contributed by atoms with E-state index in [1.54, 1.807) is 29.2 Å². The molecule has 2 atom stereocenters. The van der Waals surface area contributed by atoms with Crippen LogP contribution in [0.4, 0.5) is 0 Å². The standard InChI is InChI=1S/C27H34N2O5/c1-4-28(17-22-9-6-10-24-26(22)33-16-15-32-24)27(31)21-11-13-23(14-12-21)34-18-25(30)29-19(2)7-5-8-20(29)3/h6,9-14,19-20H,4-5,7-8,15-18H2,1-3H3. The number of para-hydroxylation sites is 1. The topological polar surface area (TPSA) is 68.3 Å². The number of carbonyl (C=O) groups excluding carboxylic acids is 2. The number of hydrogen-bond acceptors (Lipinski definition) is 5. The summed E-state index contributed by atoms with van der Waals surface area (Å²) in [6.07, 6.45) is 3.22. The van der Waals surface area contributed by atoms with Gasteiger partial charge in [-0.3, -0.25) is 9.59 Å². The first-order chi connectivity index (χ1) is 16.5. The number of likely N-dealkylation sites (tertiary alicyclic amines) is 1. The molecule has 2 heterocycles. The van der Waals surface area contributed by atoms with E-state index in [0.29, 0.717) is 43.4 Å². The molecule has 0 aliphatic carbocycles. The second-order valence-electron chi connectivity index (χ2n) is 9.00. The number of fused-ring (bicyclic) bond motifs is 1. The van der Waals surface area contributed by atoms with Crippen LogP contribution in [-0.2, 0) is 11.3 Å². The summed E-state index contributed by atoms with van der Waals surface area (Å²) in [5.74, 6) is 1.94. The molecule has 2 aromatic rings. The summed E-state index contributed by atoms with van der Waals surface area (Å²) in [6, 6.07) is 13.2. The Bertz CT molecular complexity index is 997. The molecule has 0 spiro atoms. The fourth-order valence-corrected chi connectivity index (χ4v) is 4.80. The van der Waals surface area contributed by atoms with E-state index in [9.17, 15) is 9.59 Å². The Morgan fingerprint density at radius 2 is 1.74 bits per heavy atom. The van der Waals surface area contributed by atoms with E-state index in [0.717, 1.165) is 30.6 Å². The first kappa shape index (κ1) is 23.9. The van der Waals surface area contributed by atoms with E-state index < -0.39 is 0 Å². The molecule has 2 aliphatic rings. The highest BCUT2D eigenvalue weighted by molar-refractivity contribution is 5.94. The molecule has 2 unspecified atom stereocenters. The van der Waals surface area contributed by atoms with Crippen LogP contribution in [0.1, 0.15) is 56.0 Å². The Hall–Kier alpha value is -3.22. The van der Waals surface area contributed by atoms with Gasteiger partial charge in [-0.25, -0.2) is 0 Å². The average Bonchev–Trinajstić information content (AvgIpc) is 2.86. The van der Waals surface area contributed by atoms with Crippen molar-refractivity contribution in [1.82, 2.24) is 9.80 Å². The van der Waals surface area contributed by atoms with Crippen LogP contribution in [0.2, 0.25) is 0 Å². The molecule has 0 saturated carbocycles. The van der Waals surface area contributed by atoms with Crippen LogP contribution in [0, 0.1) is 0 Å². The molecule has 7 heteroatoms. The minimum atomic E-state index is -0.0737. The molecule has 0 radical (unpaired) electrons. The van der Waals surface area contributed by atoms with E-state index >= 15 is 0 Å². The Balaban J connectivity index is 1.37. The highest BCUT2D eigenvalue weighted by atomic mass is 16.6. The van der Waals surface area contributed by atoms with Gasteiger partial charge in [-0.2, -0.15) is 0 Å². The van der Waals surface area contributed by atoms with E-state index in [2.05, 4.69) is 13.8 Å². The number of benzene rings is 2. The predicted molar refractivity (Wildman–Crippen MR) is 129 cm³/mol. The Labute approximate surface area is 201 Å². The number of hydrogen-bond donors (Lipinski definition) is 0. The molecule has 182 valence electrons. The molecule has 7 nitrogen and oxygen atoms in total. The molecule has 2 aliphatic heterocycles. The highest BCUT2D eigenvalue weighted by Gasteiger charge is 2.29. The van der Waals surface area contributed by atoms with Gasteiger partial charge in [-0.1, -0.05) is 12.1 Å². The summed E-state index contributed by atoms with van der Waals surface area (Å²) in [4.78, 5) is 29.6. The van der Waals surface area contributed by atoms with Crippen molar-refractivity contribution >= 4 is 11.8 Å². The maximum atomic E-state index is 13.2. The van der Waals surface area contributed by atoms with E-state index in [4.69, 9.17) is 14.2 Å². The van der Waals surface area contributed by atoms with Gasteiger partial charge < -0.3 is 24.0 Å². The fourth-order valence-electron chi connectivity index (χ4n) is 4.80. The van der Waals surface area contributed by atoms with Crippen LogP contribution < -0.4 is 14.2 Å². The molecule has 1 saturated heterocycles. The normalized spacial score (nSPS) is 19.4. The van der Waals surface area contributed by atoms with Gasteiger partial charge in [0.15, 0.2) is 18.1 Å². The van der Waals surface area contributed by atoms with Crippen molar-refractivity contribution in [3.05, 3.63) is 53.6 Å². The van der Waals surface area contributed by atoms with Gasteiger partial charge in [0.2, 0.25) is 0 Å². The van der Waals surface area contributed by atoms with Crippen molar-refractivity contribution in [3.63, 3.8) is 0 Å². The van der Waals surface area contributed by atoms with Crippen LogP contribution in [-0.4, -0.2) is 60.1 Å². The second-order valence-corrected chi connectivity index (χ2v) is 9.00. The number of ether oxygens (including phenoxy) is 3. The summed E-state index contributed by atoms with van der Waals surface area (Å²) >= 11 is 0. The molecule has 4 rings (SSSR count). The monoisotopic (exact) mass is 466 g/mol. The van der Waals surface area contributed by atoms with Crippen molar-refractivity contribution in [2.45, 2.75) is 58.7 Å². The number of amides is 2. The summed E-state index contributed by atoms with van der Waals surface area (Å²) in [5, 5.41) is 0. The molecular formula is C27H34N2O5. The SMILES string of the molecule is CCN(Cc1cccc2c1OCCO2)C(=O)c1ccc(OCC(=O)N2C(C)CCCC2C)cc1. The van der Waals surface area contributed by atoms with E-state index in [1.165, 1.54) is 0 Å². The Morgan fingerprint density at radius 3 is 2.44 bits per heavy atom. The lowest BCUT2D eigenvalue weighted by Crippen LogP contribution is -2.49. The third-order valence-electron chi connectivity index (χ3n) is 6.62. The molecule has 0 N–H and O–H groups in total. The zero-order valence-corrected chi connectivity index (χ0v) is 20.3. The summed E-state index contributed by atoms with van der Waals surface area (Å²) < 4.78 is 17.2. The lowest BCUT2D eigenvalue weighted by atomic mass is 9.97. The summed E-state index contributed by atoms with van der Waals surface area (Å²) in [6.45, 7) is 8.17. The summed E-state index contributed by atoms with van der Waals surface area (Å²) in [7, 11) is 0. The van der Waals surface area contributed by atoms with Gasteiger partial charge >= 0.3 is 0 Å². The van der Waals surface area contributed by atoms with Gasteiger partial charge in [0.25, 0.3) is 11.8 Å². The Kier molecular flexibility index (Phi) is 7.60. The molecular weight excluding hydrogens is 432 g/mol. The smallest absolute Gasteiger partial charge is 0.260 e. The van der Waals surface area contributed by atoms with Crippen molar-refractivity contribution in [3.8, 4) is 17.2 Å². The van der Waals surface area contributed by atoms with E-state index in [1.807, 2.05) is 30.0 Å². The number of carbonyl (C=O) groups is 2. The van der Waals surface area contributed by atoms with Crippen LogP contribution in [0.3, 0.4) is 0 Å². The van der Waals surface area contributed by atoms with Crippen molar-refractivity contribution < 1.29 is 23.8 Å². The largest absolute Gasteiger partial charge is 0.486 e. The van der Waals surface area contributed by atoms with Crippen LogP contribution in [0.25, 0.3) is 0 Å². The molecule has 0 bridgehead atoms. The Morgan fingerprint density at radius 1 is 1.03 bits per heavy atom. The number of piperidine rings is 1. The molecule has 34 heavy (non-hydrogen) atoms. The highest BCUT2D eigenvalue weighted by Crippen LogP contribution is 2.34. The predicted octanol–water partition coefficient (Wildman–Crippen LogP) is 4.29. The maximum Gasteiger partial charge on any atom is 0.260 e. The first-order valence-electron chi connectivity index (χ1n) is 12.2. The van der Waals surface area contributed by atoms with Crippen molar-refractivity contribution in [1.29, 1.82) is 0 Å². The van der Waals surface area contributed by atoms with Crippen LogP contribution in [0.15, 0.2) is 42.5 Å². The van der Waals surface area contributed by atoms with Crippen molar-refractivity contribution in [2.24, 2.45) is 0 Å². The molecule has 1 fully saturated rings. The maximum absolute atomic E-state index is 13.2. The third kappa shape index (κ3) is 5.29. The lowest BCUT2D eigenvalue weighted by Gasteiger charge is -2.38. The van der Waals surface area contributed by atoms with Crippen molar-refractivity contribution in [2.75, 3.05) is 26.4 Å². The molecule has 2 amide bonds. The second kappa shape index (κ2) is 10.8. The zero-order valence-electron chi connectivity index (χ0n) is 20.3. The van der Waals surface area contributed by atoms with Gasteiger partial charge in [0, 0.05) is 36.3 Å².